The Kier molecular flexibility index (Phi) is 3.75. The predicted molar refractivity (Wildman–Crippen MR) is 80.3 cm³/mol. The predicted octanol–water partition coefficient (Wildman–Crippen LogP) is 2.13. The first kappa shape index (κ1) is 12.7. The molecule has 2 aromatic rings. The van der Waals surface area contributed by atoms with E-state index in [1.807, 2.05) is 24.1 Å². The third-order valence-corrected chi connectivity index (χ3v) is 3.03. The standard InChI is InChI=1S/C12H12IN5/c1-18(12-16-6-9(13)7-17-12)10-4-2-8(3-5-10)11(14)15/h2-7H,1H3,(H3,14,15). The van der Waals surface area contributed by atoms with Crippen molar-refractivity contribution in [3.63, 3.8) is 0 Å². The van der Waals surface area contributed by atoms with Crippen LogP contribution in [0, 0.1) is 8.98 Å². The van der Waals surface area contributed by atoms with Gasteiger partial charge in [-0.3, -0.25) is 5.41 Å². The molecule has 2 rings (SSSR count). The molecule has 0 bridgehead atoms. The Morgan fingerprint density at radius 2 is 1.78 bits per heavy atom. The number of nitrogens with zero attached hydrogens (tertiary/aromatic N) is 3. The number of aromatic nitrogens is 2. The lowest BCUT2D eigenvalue weighted by Gasteiger charge is -2.17. The monoisotopic (exact) mass is 353 g/mol. The van der Waals surface area contributed by atoms with E-state index in [2.05, 4.69) is 32.6 Å². The van der Waals surface area contributed by atoms with Crippen LogP contribution in [0.5, 0.6) is 0 Å². The molecule has 0 aliphatic rings. The summed E-state index contributed by atoms with van der Waals surface area (Å²) in [5, 5.41) is 7.34. The summed E-state index contributed by atoms with van der Waals surface area (Å²) in [6.45, 7) is 0. The second-order valence-corrected chi connectivity index (χ2v) is 4.97. The van der Waals surface area contributed by atoms with Crippen molar-refractivity contribution in [2.24, 2.45) is 5.73 Å². The molecule has 3 N–H and O–H groups in total. The van der Waals surface area contributed by atoms with Gasteiger partial charge in [-0.1, -0.05) is 0 Å². The van der Waals surface area contributed by atoms with E-state index in [9.17, 15) is 0 Å². The summed E-state index contributed by atoms with van der Waals surface area (Å²) in [6, 6.07) is 7.39. The maximum Gasteiger partial charge on any atom is 0.229 e. The van der Waals surface area contributed by atoms with E-state index in [0.29, 0.717) is 11.5 Å². The van der Waals surface area contributed by atoms with Crippen LogP contribution in [0.25, 0.3) is 0 Å². The molecule has 0 fully saturated rings. The first-order valence-electron chi connectivity index (χ1n) is 5.23. The van der Waals surface area contributed by atoms with Crippen LogP contribution in [0.15, 0.2) is 36.7 Å². The van der Waals surface area contributed by atoms with Crippen molar-refractivity contribution in [3.8, 4) is 0 Å². The number of nitrogens with two attached hydrogens (primary N) is 1. The lowest BCUT2D eigenvalue weighted by atomic mass is 10.2. The van der Waals surface area contributed by atoms with Gasteiger partial charge in [0, 0.05) is 34.3 Å². The number of rotatable bonds is 3. The van der Waals surface area contributed by atoms with Crippen molar-refractivity contribution in [2.75, 3.05) is 11.9 Å². The molecule has 0 amide bonds. The zero-order valence-electron chi connectivity index (χ0n) is 9.76. The van der Waals surface area contributed by atoms with Crippen LogP contribution < -0.4 is 10.6 Å². The normalized spacial score (nSPS) is 10.1. The lowest BCUT2D eigenvalue weighted by Crippen LogP contribution is -2.14. The van der Waals surface area contributed by atoms with Gasteiger partial charge in [-0.2, -0.15) is 0 Å². The van der Waals surface area contributed by atoms with Gasteiger partial charge in [0.25, 0.3) is 0 Å². The quantitative estimate of drug-likeness (QED) is 0.503. The molecule has 0 unspecified atom stereocenters. The molecule has 92 valence electrons. The Morgan fingerprint density at radius 1 is 1.22 bits per heavy atom. The number of anilines is 2. The number of hydrogen-bond acceptors (Lipinski definition) is 4. The van der Waals surface area contributed by atoms with E-state index < -0.39 is 0 Å². The topological polar surface area (TPSA) is 78.9 Å². The van der Waals surface area contributed by atoms with Crippen LogP contribution in [0.3, 0.4) is 0 Å². The van der Waals surface area contributed by atoms with Gasteiger partial charge in [-0.15, -0.1) is 0 Å². The van der Waals surface area contributed by atoms with Gasteiger partial charge in [0.2, 0.25) is 5.95 Å². The number of benzene rings is 1. The summed E-state index contributed by atoms with van der Waals surface area (Å²) in [4.78, 5) is 10.4. The van der Waals surface area contributed by atoms with Gasteiger partial charge in [-0.25, -0.2) is 9.97 Å². The zero-order chi connectivity index (χ0) is 13.1. The second kappa shape index (κ2) is 5.30. The van der Waals surface area contributed by atoms with Gasteiger partial charge in [-0.05, 0) is 46.9 Å². The Hall–Kier alpha value is -1.70. The molecule has 0 radical (unpaired) electrons. The van der Waals surface area contributed by atoms with Crippen molar-refractivity contribution in [1.82, 2.24) is 9.97 Å². The Morgan fingerprint density at radius 3 is 2.28 bits per heavy atom. The van der Waals surface area contributed by atoms with E-state index in [1.54, 1.807) is 24.5 Å². The van der Waals surface area contributed by atoms with Crippen LogP contribution in [0.1, 0.15) is 5.56 Å². The fourth-order valence-electron chi connectivity index (χ4n) is 1.46. The molecule has 0 atom stereocenters. The fourth-order valence-corrected chi connectivity index (χ4v) is 1.74. The average molecular weight is 353 g/mol. The van der Waals surface area contributed by atoms with Crippen LogP contribution in [0.2, 0.25) is 0 Å². The molecule has 0 aliphatic carbocycles. The summed E-state index contributed by atoms with van der Waals surface area (Å²) in [5.74, 6) is 0.695. The first-order valence-corrected chi connectivity index (χ1v) is 6.31. The van der Waals surface area contributed by atoms with E-state index in [4.69, 9.17) is 11.1 Å². The molecule has 18 heavy (non-hydrogen) atoms. The highest BCUT2D eigenvalue weighted by atomic mass is 127. The van der Waals surface area contributed by atoms with Crippen molar-refractivity contribution in [3.05, 3.63) is 45.8 Å². The lowest BCUT2D eigenvalue weighted by molar-refractivity contribution is 1.03. The van der Waals surface area contributed by atoms with E-state index in [-0.39, 0.29) is 5.84 Å². The van der Waals surface area contributed by atoms with E-state index in [1.165, 1.54) is 0 Å². The highest BCUT2D eigenvalue weighted by molar-refractivity contribution is 14.1. The summed E-state index contributed by atoms with van der Waals surface area (Å²) >= 11 is 2.17. The van der Waals surface area contributed by atoms with Gasteiger partial charge < -0.3 is 10.6 Å². The minimum absolute atomic E-state index is 0.0646. The van der Waals surface area contributed by atoms with Crippen molar-refractivity contribution >= 4 is 40.1 Å². The number of hydrogen-bond donors (Lipinski definition) is 2. The maximum atomic E-state index is 7.34. The molecule has 0 saturated heterocycles. The highest BCUT2D eigenvalue weighted by Crippen LogP contribution is 2.20. The smallest absolute Gasteiger partial charge is 0.229 e. The van der Waals surface area contributed by atoms with Crippen molar-refractivity contribution in [1.29, 1.82) is 5.41 Å². The third-order valence-electron chi connectivity index (χ3n) is 2.47. The Balaban J connectivity index is 2.25. The largest absolute Gasteiger partial charge is 0.384 e. The number of nitrogen functional groups attached to an aromatic ring is 1. The van der Waals surface area contributed by atoms with Gasteiger partial charge in [0.15, 0.2) is 0 Å². The SMILES string of the molecule is CN(c1ccc(C(=N)N)cc1)c1ncc(I)cn1. The number of halogens is 1. The zero-order valence-corrected chi connectivity index (χ0v) is 11.9. The van der Waals surface area contributed by atoms with Crippen LogP contribution in [0.4, 0.5) is 11.6 Å². The van der Waals surface area contributed by atoms with Gasteiger partial charge in [0.1, 0.15) is 5.84 Å². The molecule has 0 spiro atoms. The summed E-state index contributed by atoms with van der Waals surface area (Å²) in [5.41, 5.74) is 7.06. The maximum absolute atomic E-state index is 7.34. The molecule has 1 aromatic carbocycles. The fraction of sp³-hybridized carbons (Fsp3) is 0.0833. The molecule has 0 saturated carbocycles. The van der Waals surface area contributed by atoms with E-state index >= 15 is 0 Å². The molecule has 0 aliphatic heterocycles. The Labute approximate surface area is 119 Å². The number of amidine groups is 1. The second-order valence-electron chi connectivity index (χ2n) is 3.72. The summed E-state index contributed by atoms with van der Waals surface area (Å²) < 4.78 is 0.997. The Bertz CT molecular complexity index is 550. The molecular formula is C12H12IN5. The number of nitrogens with one attached hydrogen (secondary N) is 1. The molecular weight excluding hydrogens is 341 g/mol. The molecule has 5 nitrogen and oxygen atoms in total. The highest BCUT2D eigenvalue weighted by Gasteiger charge is 2.07. The van der Waals surface area contributed by atoms with Gasteiger partial charge >= 0.3 is 0 Å². The first-order chi connectivity index (χ1) is 8.58. The van der Waals surface area contributed by atoms with Crippen molar-refractivity contribution < 1.29 is 0 Å². The minimum atomic E-state index is 0.0646. The minimum Gasteiger partial charge on any atom is -0.384 e. The molecule has 1 aromatic heterocycles. The molecule has 1 heterocycles. The van der Waals surface area contributed by atoms with Crippen LogP contribution in [-0.2, 0) is 0 Å². The van der Waals surface area contributed by atoms with Crippen LogP contribution >= 0.6 is 22.6 Å². The average Bonchev–Trinajstić information content (AvgIpc) is 2.39. The summed E-state index contributed by atoms with van der Waals surface area (Å²) in [6.07, 6.45) is 3.53. The molecule has 6 heteroatoms. The third kappa shape index (κ3) is 2.76. The summed E-state index contributed by atoms with van der Waals surface area (Å²) in [7, 11) is 1.89. The van der Waals surface area contributed by atoms with Crippen LogP contribution in [-0.4, -0.2) is 22.9 Å². The van der Waals surface area contributed by atoms with E-state index in [0.717, 1.165) is 9.26 Å². The van der Waals surface area contributed by atoms with Gasteiger partial charge in [0.05, 0.1) is 0 Å². The van der Waals surface area contributed by atoms with Crippen molar-refractivity contribution in [2.45, 2.75) is 0 Å².